The second-order valence-corrected chi connectivity index (χ2v) is 9.80. The van der Waals surface area contributed by atoms with Crippen molar-refractivity contribution in [1.29, 1.82) is 0 Å². The zero-order valence-corrected chi connectivity index (χ0v) is 21.7. The predicted molar refractivity (Wildman–Crippen MR) is 143 cm³/mol. The highest BCUT2D eigenvalue weighted by Crippen LogP contribution is 2.26. The molecule has 4 aromatic rings. The van der Waals surface area contributed by atoms with Gasteiger partial charge in [0.15, 0.2) is 5.69 Å². The molecule has 0 radical (unpaired) electrons. The van der Waals surface area contributed by atoms with Gasteiger partial charge in [-0.1, -0.05) is 62.4 Å². The van der Waals surface area contributed by atoms with E-state index in [9.17, 15) is 19.5 Å². The molecule has 2 aromatic carbocycles. The molecular formula is C29H32N4O5. The molecule has 0 bridgehead atoms. The van der Waals surface area contributed by atoms with E-state index in [-0.39, 0.29) is 35.6 Å². The van der Waals surface area contributed by atoms with Gasteiger partial charge in [0.2, 0.25) is 17.7 Å². The minimum absolute atomic E-state index is 0.0949. The van der Waals surface area contributed by atoms with E-state index in [1.54, 1.807) is 0 Å². The van der Waals surface area contributed by atoms with E-state index in [0.29, 0.717) is 12.8 Å². The van der Waals surface area contributed by atoms with Crippen LogP contribution in [-0.4, -0.2) is 38.9 Å². The maximum Gasteiger partial charge on any atom is 0.358 e. The van der Waals surface area contributed by atoms with E-state index in [4.69, 9.17) is 4.42 Å². The SMILES string of the molecule is Cc1oc([C@@H](Cc2c[nH]c3ccccc23)NC(=O)C(CC(C)C)NC(=O)Cc2ccccc2)nc1C(=O)O. The largest absolute Gasteiger partial charge is 0.476 e. The van der Waals surface area contributed by atoms with Crippen molar-refractivity contribution in [2.75, 3.05) is 0 Å². The molecule has 2 amide bonds. The van der Waals surface area contributed by atoms with Gasteiger partial charge in [0, 0.05) is 23.5 Å². The van der Waals surface area contributed by atoms with Crippen molar-refractivity contribution >= 4 is 28.7 Å². The van der Waals surface area contributed by atoms with Crippen molar-refractivity contribution < 1.29 is 23.9 Å². The van der Waals surface area contributed by atoms with Gasteiger partial charge < -0.3 is 25.1 Å². The maximum absolute atomic E-state index is 13.5. The molecule has 0 saturated carbocycles. The summed E-state index contributed by atoms with van der Waals surface area (Å²) in [7, 11) is 0. The summed E-state index contributed by atoms with van der Waals surface area (Å²) in [4.78, 5) is 45.4. The Hall–Kier alpha value is -4.40. The molecule has 0 saturated heterocycles. The van der Waals surface area contributed by atoms with Crippen molar-refractivity contribution in [3.63, 3.8) is 0 Å². The van der Waals surface area contributed by atoms with Gasteiger partial charge in [0.1, 0.15) is 17.8 Å². The number of H-pyrrole nitrogens is 1. The summed E-state index contributed by atoms with van der Waals surface area (Å²) in [6, 6.07) is 15.5. The molecule has 4 N–H and O–H groups in total. The molecular weight excluding hydrogens is 484 g/mol. The van der Waals surface area contributed by atoms with Crippen LogP contribution in [0.15, 0.2) is 65.2 Å². The van der Waals surface area contributed by atoms with E-state index in [0.717, 1.165) is 22.0 Å². The number of nitrogens with zero attached hydrogens (tertiary/aromatic N) is 1. The van der Waals surface area contributed by atoms with Gasteiger partial charge in [-0.25, -0.2) is 9.78 Å². The first-order chi connectivity index (χ1) is 18.2. The Morgan fingerprint density at radius 3 is 2.42 bits per heavy atom. The van der Waals surface area contributed by atoms with Gasteiger partial charge in [-0.15, -0.1) is 0 Å². The Morgan fingerprint density at radius 1 is 1.03 bits per heavy atom. The molecule has 9 nitrogen and oxygen atoms in total. The fourth-order valence-electron chi connectivity index (χ4n) is 4.49. The van der Waals surface area contributed by atoms with E-state index in [2.05, 4.69) is 20.6 Å². The number of aromatic nitrogens is 2. The van der Waals surface area contributed by atoms with Crippen LogP contribution in [0.2, 0.25) is 0 Å². The first-order valence-electron chi connectivity index (χ1n) is 12.6. The zero-order chi connectivity index (χ0) is 27.2. The lowest BCUT2D eigenvalue weighted by molar-refractivity contribution is -0.129. The van der Waals surface area contributed by atoms with Crippen molar-refractivity contribution in [3.8, 4) is 0 Å². The molecule has 2 aromatic heterocycles. The number of carbonyl (C=O) groups excluding carboxylic acids is 2. The van der Waals surface area contributed by atoms with Crippen LogP contribution in [0.3, 0.4) is 0 Å². The Kier molecular flexibility index (Phi) is 8.25. The fourth-order valence-corrected chi connectivity index (χ4v) is 4.49. The second-order valence-electron chi connectivity index (χ2n) is 9.80. The summed E-state index contributed by atoms with van der Waals surface area (Å²) in [6.45, 7) is 5.48. The summed E-state index contributed by atoms with van der Waals surface area (Å²) in [5, 5.41) is 16.3. The number of hydrogen-bond acceptors (Lipinski definition) is 5. The quantitative estimate of drug-likeness (QED) is 0.234. The van der Waals surface area contributed by atoms with Crippen LogP contribution < -0.4 is 10.6 Å². The number of oxazole rings is 1. The minimum Gasteiger partial charge on any atom is -0.476 e. The number of carbonyl (C=O) groups is 3. The number of fused-ring (bicyclic) bond motifs is 1. The Balaban J connectivity index is 1.59. The molecule has 198 valence electrons. The van der Waals surface area contributed by atoms with Gasteiger partial charge in [0.05, 0.1) is 6.42 Å². The number of benzene rings is 2. The summed E-state index contributed by atoms with van der Waals surface area (Å²) >= 11 is 0. The molecule has 2 heterocycles. The summed E-state index contributed by atoms with van der Waals surface area (Å²) in [5.41, 5.74) is 2.50. The van der Waals surface area contributed by atoms with E-state index >= 15 is 0 Å². The van der Waals surface area contributed by atoms with Crippen LogP contribution >= 0.6 is 0 Å². The lowest BCUT2D eigenvalue weighted by atomic mass is 10.0. The number of hydrogen-bond donors (Lipinski definition) is 4. The summed E-state index contributed by atoms with van der Waals surface area (Å²) in [6.07, 6.45) is 2.74. The highest BCUT2D eigenvalue weighted by atomic mass is 16.4. The molecule has 0 fully saturated rings. The number of carboxylic acid groups (broad SMARTS) is 1. The number of aryl methyl sites for hydroxylation is 1. The summed E-state index contributed by atoms with van der Waals surface area (Å²) < 4.78 is 5.72. The Labute approximate surface area is 220 Å². The monoisotopic (exact) mass is 516 g/mol. The van der Waals surface area contributed by atoms with Crippen molar-refractivity contribution in [2.45, 2.75) is 52.1 Å². The van der Waals surface area contributed by atoms with Crippen molar-refractivity contribution in [2.24, 2.45) is 5.92 Å². The van der Waals surface area contributed by atoms with Crippen LogP contribution in [0.1, 0.15) is 59.6 Å². The number of carboxylic acids is 1. The molecule has 0 spiro atoms. The number of amides is 2. The molecule has 0 aliphatic rings. The Morgan fingerprint density at radius 2 is 1.74 bits per heavy atom. The highest BCUT2D eigenvalue weighted by molar-refractivity contribution is 5.89. The van der Waals surface area contributed by atoms with Crippen LogP contribution in [0.5, 0.6) is 0 Å². The lowest BCUT2D eigenvalue weighted by Gasteiger charge is -2.23. The third-order valence-corrected chi connectivity index (χ3v) is 6.30. The van der Waals surface area contributed by atoms with Crippen LogP contribution in [0, 0.1) is 12.8 Å². The van der Waals surface area contributed by atoms with Crippen LogP contribution in [-0.2, 0) is 22.4 Å². The van der Waals surface area contributed by atoms with Gasteiger partial charge in [-0.05, 0) is 36.5 Å². The molecule has 9 heteroatoms. The van der Waals surface area contributed by atoms with E-state index in [1.165, 1.54) is 6.92 Å². The number of rotatable bonds is 11. The number of para-hydroxylation sites is 1. The van der Waals surface area contributed by atoms with Gasteiger partial charge in [0.25, 0.3) is 0 Å². The maximum atomic E-state index is 13.5. The van der Waals surface area contributed by atoms with Gasteiger partial charge in [-0.3, -0.25) is 9.59 Å². The van der Waals surface area contributed by atoms with Crippen LogP contribution in [0.25, 0.3) is 10.9 Å². The molecule has 38 heavy (non-hydrogen) atoms. The third-order valence-electron chi connectivity index (χ3n) is 6.30. The molecule has 4 rings (SSSR count). The number of nitrogens with one attached hydrogen (secondary N) is 3. The van der Waals surface area contributed by atoms with E-state index < -0.39 is 24.0 Å². The topological polar surface area (TPSA) is 137 Å². The normalized spacial score (nSPS) is 12.8. The fraction of sp³-hybridized carbons (Fsp3) is 0.310. The average molecular weight is 517 g/mol. The smallest absolute Gasteiger partial charge is 0.358 e. The summed E-state index contributed by atoms with van der Waals surface area (Å²) in [5.74, 6) is -1.47. The molecule has 2 atom stereocenters. The predicted octanol–water partition coefficient (Wildman–Crippen LogP) is 4.34. The second kappa shape index (κ2) is 11.8. The first kappa shape index (κ1) is 26.7. The van der Waals surface area contributed by atoms with Crippen LogP contribution in [0.4, 0.5) is 0 Å². The molecule has 1 unspecified atom stereocenters. The van der Waals surface area contributed by atoms with Gasteiger partial charge >= 0.3 is 5.97 Å². The number of aromatic amines is 1. The van der Waals surface area contributed by atoms with Gasteiger partial charge in [-0.2, -0.15) is 0 Å². The van der Waals surface area contributed by atoms with Crippen molar-refractivity contribution in [3.05, 3.63) is 89.3 Å². The Bertz CT molecular complexity index is 1420. The average Bonchev–Trinajstić information content (AvgIpc) is 3.47. The highest BCUT2D eigenvalue weighted by Gasteiger charge is 2.29. The number of aromatic carboxylic acids is 1. The third kappa shape index (κ3) is 6.47. The standard InChI is InChI=1S/C29H32N4O5/c1-17(2)13-23(31-25(34)14-19-9-5-4-6-10-19)27(35)32-24(28-33-26(29(36)37)18(3)38-28)15-20-16-30-22-12-8-7-11-21(20)22/h4-12,16-17,23-24,30H,13-15H2,1-3H3,(H,31,34)(H,32,35)(H,36,37)/t23?,24-/m1/s1. The molecule has 0 aliphatic heterocycles. The zero-order valence-electron chi connectivity index (χ0n) is 21.7. The van der Waals surface area contributed by atoms with Crippen molar-refractivity contribution in [1.82, 2.24) is 20.6 Å². The first-order valence-corrected chi connectivity index (χ1v) is 12.6. The van der Waals surface area contributed by atoms with E-state index in [1.807, 2.05) is 74.6 Å². The minimum atomic E-state index is -1.21. The molecule has 0 aliphatic carbocycles. The lowest BCUT2D eigenvalue weighted by Crippen LogP contribution is -2.49.